The van der Waals surface area contributed by atoms with Crippen molar-refractivity contribution in [2.24, 2.45) is 0 Å². The molecular weight excluding hydrogens is 262 g/mol. The molecule has 0 radical (unpaired) electrons. The van der Waals surface area contributed by atoms with Crippen molar-refractivity contribution in [2.45, 2.75) is 19.9 Å². The van der Waals surface area contributed by atoms with Crippen LogP contribution in [0.4, 0.5) is 0 Å². The monoisotopic (exact) mass is 283 g/mol. The summed E-state index contributed by atoms with van der Waals surface area (Å²) in [6.45, 7) is 4.92. The van der Waals surface area contributed by atoms with Gasteiger partial charge in [0.1, 0.15) is 0 Å². The smallest absolute Gasteiger partial charge is 0.279 e. The number of benzene rings is 1. The Morgan fingerprint density at radius 2 is 1.84 bits per heavy atom. The molecule has 1 heterocycles. The molecule has 5 nitrogen and oxygen atoms in total. The van der Waals surface area contributed by atoms with Gasteiger partial charge in [-0.05, 0) is 17.5 Å². The summed E-state index contributed by atoms with van der Waals surface area (Å²) in [5, 5.41) is 3.14. The van der Waals surface area contributed by atoms with E-state index in [1.54, 1.807) is 0 Å². The molecule has 1 aromatic carbocycles. The van der Waals surface area contributed by atoms with Gasteiger partial charge in [0.2, 0.25) is 0 Å². The third-order valence-corrected chi connectivity index (χ3v) is 4.91. The third-order valence-electron chi connectivity index (χ3n) is 3.36. The quantitative estimate of drug-likeness (QED) is 0.827. The molecule has 1 aliphatic rings. The van der Waals surface area contributed by atoms with Gasteiger partial charge in [0, 0.05) is 32.7 Å². The van der Waals surface area contributed by atoms with Gasteiger partial charge < -0.3 is 5.32 Å². The van der Waals surface area contributed by atoms with Crippen molar-refractivity contribution in [1.82, 2.24) is 14.3 Å². The second kappa shape index (κ2) is 6.47. The van der Waals surface area contributed by atoms with Gasteiger partial charge in [-0.2, -0.15) is 17.4 Å². The molecule has 0 bridgehead atoms. The van der Waals surface area contributed by atoms with Crippen LogP contribution < -0.4 is 10.0 Å². The fourth-order valence-electron chi connectivity index (χ4n) is 2.22. The molecule has 19 heavy (non-hydrogen) atoms. The first-order chi connectivity index (χ1) is 9.13. The summed E-state index contributed by atoms with van der Waals surface area (Å²) in [6.07, 6.45) is 0.908. The van der Waals surface area contributed by atoms with Crippen LogP contribution in [0.3, 0.4) is 0 Å². The van der Waals surface area contributed by atoms with E-state index in [2.05, 4.69) is 17.0 Å². The maximum Gasteiger partial charge on any atom is 0.279 e. The highest BCUT2D eigenvalue weighted by Crippen LogP contribution is 2.10. The highest BCUT2D eigenvalue weighted by atomic mass is 32.2. The number of hydrogen-bond donors (Lipinski definition) is 2. The molecule has 1 aliphatic heterocycles. The Morgan fingerprint density at radius 3 is 2.47 bits per heavy atom. The van der Waals surface area contributed by atoms with Gasteiger partial charge in [0.15, 0.2) is 0 Å². The highest BCUT2D eigenvalue weighted by Gasteiger charge is 2.23. The number of hydrogen-bond acceptors (Lipinski definition) is 3. The molecule has 0 saturated carbocycles. The lowest BCUT2D eigenvalue weighted by atomic mass is 10.1. The summed E-state index contributed by atoms with van der Waals surface area (Å²) in [5.41, 5.74) is 2.23. The minimum absolute atomic E-state index is 0.357. The molecular formula is C13H21N3O2S. The summed E-state index contributed by atoms with van der Waals surface area (Å²) in [5.74, 6) is 0. The molecule has 0 aromatic heterocycles. The molecule has 0 unspecified atom stereocenters. The van der Waals surface area contributed by atoms with E-state index < -0.39 is 10.2 Å². The molecule has 1 fully saturated rings. The van der Waals surface area contributed by atoms with E-state index in [1.165, 1.54) is 9.87 Å². The van der Waals surface area contributed by atoms with Crippen LogP contribution in [0.5, 0.6) is 0 Å². The van der Waals surface area contributed by atoms with Crippen molar-refractivity contribution in [3.05, 3.63) is 35.4 Å². The van der Waals surface area contributed by atoms with Crippen molar-refractivity contribution in [1.29, 1.82) is 0 Å². The van der Waals surface area contributed by atoms with Crippen molar-refractivity contribution in [3.63, 3.8) is 0 Å². The molecule has 0 spiro atoms. The maximum atomic E-state index is 12.1. The predicted molar refractivity (Wildman–Crippen MR) is 76.0 cm³/mol. The zero-order valence-corrected chi connectivity index (χ0v) is 12.0. The van der Waals surface area contributed by atoms with E-state index in [9.17, 15) is 8.42 Å². The summed E-state index contributed by atoms with van der Waals surface area (Å²) >= 11 is 0. The Hall–Kier alpha value is -0.950. The fraction of sp³-hybridized carbons (Fsp3) is 0.538. The van der Waals surface area contributed by atoms with Crippen molar-refractivity contribution < 1.29 is 8.42 Å². The number of nitrogens with zero attached hydrogens (tertiary/aromatic N) is 1. The Labute approximate surface area is 115 Å². The van der Waals surface area contributed by atoms with Crippen LogP contribution in [-0.4, -0.2) is 38.9 Å². The number of rotatable bonds is 5. The largest absolute Gasteiger partial charge is 0.314 e. The van der Waals surface area contributed by atoms with Crippen molar-refractivity contribution >= 4 is 10.2 Å². The van der Waals surface area contributed by atoms with Crippen molar-refractivity contribution in [2.75, 3.05) is 26.2 Å². The number of aryl methyl sites for hydroxylation is 1. The van der Waals surface area contributed by atoms with E-state index in [0.717, 1.165) is 12.0 Å². The topological polar surface area (TPSA) is 61.4 Å². The minimum Gasteiger partial charge on any atom is -0.314 e. The number of nitrogens with one attached hydrogen (secondary N) is 2. The van der Waals surface area contributed by atoms with Gasteiger partial charge in [-0.25, -0.2) is 0 Å². The van der Waals surface area contributed by atoms with Crippen LogP contribution in [0.1, 0.15) is 18.1 Å². The van der Waals surface area contributed by atoms with Crippen LogP contribution in [0, 0.1) is 0 Å². The summed E-state index contributed by atoms with van der Waals surface area (Å²) in [7, 11) is -3.36. The molecule has 0 aliphatic carbocycles. The molecule has 2 rings (SSSR count). The van der Waals surface area contributed by atoms with E-state index in [-0.39, 0.29) is 0 Å². The summed E-state index contributed by atoms with van der Waals surface area (Å²) in [4.78, 5) is 0. The highest BCUT2D eigenvalue weighted by molar-refractivity contribution is 7.87. The molecule has 6 heteroatoms. The van der Waals surface area contributed by atoms with Crippen molar-refractivity contribution in [3.8, 4) is 0 Å². The Bertz CT molecular complexity index is 510. The first-order valence-corrected chi connectivity index (χ1v) is 8.09. The number of piperazine rings is 1. The van der Waals surface area contributed by atoms with E-state index >= 15 is 0 Å². The van der Waals surface area contributed by atoms with Crippen LogP contribution in [0.2, 0.25) is 0 Å². The zero-order chi connectivity index (χ0) is 13.7. The lowest BCUT2D eigenvalue weighted by Gasteiger charge is -2.26. The van der Waals surface area contributed by atoms with Crippen LogP contribution in [0.15, 0.2) is 24.3 Å². The first kappa shape index (κ1) is 14.5. The van der Waals surface area contributed by atoms with Gasteiger partial charge in [-0.3, -0.25) is 0 Å². The van der Waals surface area contributed by atoms with Gasteiger partial charge in [-0.15, -0.1) is 0 Å². The van der Waals surface area contributed by atoms with E-state index in [0.29, 0.717) is 32.7 Å². The average Bonchev–Trinajstić information content (AvgIpc) is 2.46. The summed E-state index contributed by atoms with van der Waals surface area (Å²) < 4.78 is 28.5. The van der Waals surface area contributed by atoms with Gasteiger partial charge in [-0.1, -0.05) is 31.2 Å². The molecule has 106 valence electrons. The fourth-order valence-corrected chi connectivity index (χ4v) is 3.40. The first-order valence-electron chi connectivity index (χ1n) is 6.65. The van der Waals surface area contributed by atoms with E-state index in [1.807, 2.05) is 24.3 Å². The Kier molecular flexibility index (Phi) is 4.93. The standard InChI is InChI=1S/C13H21N3O2S/c1-2-12-5-3-4-6-13(12)11-15-19(17,18)16-9-7-14-8-10-16/h3-6,14-15H,2,7-11H2,1H3. The average molecular weight is 283 g/mol. The maximum absolute atomic E-state index is 12.1. The van der Waals surface area contributed by atoms with Crippen LogP contribution >= 0.6 is 0 Å². The molecule has 1 saturated heterocycles. The lowest BCUT2D eigenvalue weighted by Crippen LogP contribution is -2.50. The minimum atomic E-state index is -3.36. The molecule has 1 aromatic rings. The molecule has 0 atom stereocenters. The van der Waals surface area contributed by atoms with Crippen LogP contribution in [0.25, 0.3) is 0 Å². The Balaban J connectivity index is 2.00. The molecule has 0 amide bonds. The third kappa shape index (κ3) is 3.76. The predicted octanol–water partition coefficient (Wildman–Crippen LogP) is 0.489. The second-order valence-corrected chi connectivity index (χ2v) is 6.35. The van der Waals surface area contributed by atoms with Gasteiger partial charge in [0.05, 0.1) is 0 Å². The normalized spacial score (nSPS) is 17.5. The molecule has 2 N–H and O–H groups in total. The zero-order valence-electron chi connectivity index (χ0n) is 11.2. The van der Waals surface area contributed by atoms with Gasteiger partial charge >= 0.3 is 0 Å². The van der Waals surface area contributed by atoms with Crippen LogP contribution in [-0.2, 0) is 23.2 Å². The Morgan fingerprint density at radius 1 is 1.21 bits per heavy atom. The second-order valence-electron chi connectivity index (χ2n) is 4.60. The van der Waals surface area contributed by atoms with Gasteiger partial charge in [0.25, 0.3) is 10.2 Å². The van der Waals surface area contributed by atoms with E-state index in [4.69, 9.17) is 0 Å². The lowest BCUT2D eigenvalue weighted by molar-refractivity contribution is 0.354. The SMILES string of the molecule is CCc1ccccc1CNS(=O)(=O)N1CCNCC1. The summed E-state index contributed by atoms with van der Waals surface area (Å²) in [6, 6.07) is 7.92.